The number of aryl methyl sites for hydroxylation is 2. The van der Waals surface area contributed by atoms with Gasteiger partial charge in [0.05, 0.1) is 0 Å². The fourth-order valence-electron chi connectivity index (χ4n) is 3.31. The Morgan fingerprint density at radius 1 is 0.950 bits per heavy atom. The SMILES string of the molecule is CCCC1=C(c2ccc(C)cc2)Cc2cccc(C)c21. The van der Waals surface area contributed by atoms with Crippen LogP contribution >= 0.6 is 0 Å². The Kier molecular flexibility index (Phi) is 3.48. The van der Waals surface area contributed by atoms with E-state index < -0.39 is 0 Å². The molecule has 0 fully saturated rings. The Morgan fingerprint density at radius 2 is 1.70 bits per heavy atom. The molecule has 0 heterocycles. The van der Waals surface area contributed by atoms with E-state index in [0.717, 1.165) is 6.42 Å². The van der Waals surface area contributed by atoms with Crippen LogP contribution in [0.5, 0.6) is 0 Å². The molecule has 0 radical (unpaired) electrons. The highest BCUT2D eigenvalue weighted by Gasteiger charge is 2.23. The monoisotopic (exact) mass is 262 g/mol. The van der Waals surface area contributed by atoms with Crippen LogP contribution in [-0.2, 0) is 6.42 Å². The molecule has 0 N–H and O–H groups in total. The molecule has 0 aromatic heterocycles. The highest BCUT2D eigenvalue weighted by Crippen LogP contribution is 2.42. The van der Waals surface area contributed by atoms with Gasteiger partial charge in [0.25, 0.3) is 0 Å². The first-order valence-electron chi connectivity index (χ1n) is 7.58. The number of allylic oxidation sites excluding steroid dienone is 2. The third kappa shape index (κ3) is 2.20. The molecule has 3 rings (SSSR count). The maximum absolute atomic E-state index is 2.29. The van der Waals surface area contributed by atoms with Crippen molar-refractivity contribution in [2.75, 3.05) is 0 Å². The van der Waals surface area contributed by atoms with E-state index >= 15 is 0 Å². The third-order valence-electron chi connectivity index (χ3n) is 4.29. The highest BCUT2D eigenvalue weighted by molar-refractivity contribution is 5.97. The van der Waals surface area contributed by atoms with Crippen LogP contribution in [0.25, 0.3) is 11.1 Å². The molecule has 20 heavy (non-hydrogen) atoms. The second-order valence-electron chi connectivity index (χ2n) is 5.86. The maximum Gasteiger partial charge on any atom is -0.00107 e. The van der Waals surface area contributed by atoms with Gasteiger partial charge in [-0.05, 0) is 60.1 Å². The predicted octanol–water partition coefficient (Wildman–Crippen LogP) is 5.57. The fraction of sp³-hybridized carbons (Fsp3) is 0.300. The van der Waals surface area contributed by atoms with Crippen LogP contribution in [0.15, 0.2) is 42.5 Å². The minimum absolute atomic E-state index is 1.09. The van der Waals surface area contributed by atoms with Gasteiger partial charge < -0.3 is 0 Å². The van der Waals surface area contributed by atoms with Gasteiger partial charge in [0.2, 0.25) is 0 Å². The highest BCUT2D eigenvalue weighted by atomic mass is 14.3. The van der Waals surface area contributed by atoms with Gasteiger partial charge >= 0.3 is 0 Å². The zero-order valence-corrected chi connectivity index (χ0v) is 12.7. The van der Waals surface area contributed by atoms with E-state index in [2.05, 4.69) is 63.2 Å². The molecule has 2 aromatic rings. The van der Waals surface area contributed by atoms with Crippen molar-refractivity contribution >= 4 is 11.1 Å². The lowest BCUT2D eigenvalue weighted by atomic mass is 9.94. The summed E-state index contributed by atoms with van der Waals surface area (Å²) in [7, 11) is 0. The Bertz CT molecular complexity index is 657. The van der Waals surface area contributed by atoms with E-state index in [1.54, 1.807) is 5.57 Å². The van der Waals surface area contributed by atoms with Crippen molar-refractivity contribution in [3.05, 3.63) is 70.3 Å². The van der Waals surface area contributed by atoms with E-state index in [-0.39, 0.29) is 0 Å². The van der Waals surface area contributed by atoms with Crippen LogP contribution in [0.3, 0.4) is 0 Å². The van der Waals surface area contributed by atoms with Crippen molar-refractivity contribution in [1.29, 1.82) is 0 Å². The molecule has 0 bridgehead atoms. The Balaban J connectivity index is 2.13. The summed E-state index contributed by atoms with van der Waals surface area (Å²) in [5.41, 5.74) is 10.3. The number of rotatable bonds is 3. The standard InChI is InChI=1S/C20H22/c1-4-6-18-19(16-11-9-14(2)10-12-16)13-17-8-5-7-15(3)20(17)18/h5,7-12H,4,6,13H2,1-3H3. The van der Waals surface area contributed by atoms with E-state index in [1.807, 2.05) is 0 Å². The minimum atomic E-state index is 1.09. The van der Waals surface area contributed by atoms with Crippen LogP contribution in [0.4, 0.5) is 0 Å². The molecule has 0 saturated heterocycles. The van der Waals surface area contributed by atoms with Gasteiger partial charge in [-0.2, -0.15) is 0 Å². The molecule has 0 saturated carbocycles. The van der Waals surface area contributed by atoms with Crippen molar-refractivity contribution < 1.29 is 0 Å². The van der Waals surface area contributed by atoms with Crippen LogP contribution in [-0.4, -0.2) is 0 Å². The summed E-state index contributed by atoms with van der Waals surface area (Å²) < 4.78 is 0. The van der Waals surface area contributed by atoms with Crippen LogP contribution in [0.2, 0.25) is 0 Å². The second kappa shape index (κ2) is 5.28. The molecule has 102 valence electrons. The lowest BCUT2D eigenvalue weighted by Gasteiger charge is -2.10. The molecule has 0 aliphatic heterocycles. The molecule has 2 aromatic carbocycles. The van der Waals surface area contributed by atoms with Crippen molar-refractivity contribution in [3.63, 3.8) is 0 Å². The topological polar surface area (TPSA) is 0 Å². The van der Waals surface area contributed by atoms with Crippen molar-refractivity contribution in [3.8, 4) is 0 Å². The lowest BCUT2D eigenvalue weighted by molar-refractivity contribution is 0.975. The predicted molar refractivity (Wildman–Crippen MR) is 87.8 cm³/mol. The largest absolute Gasteiger partial charge is 0.0651 e. The molecule has 0 nitrogen and oxygen atoms in total. The lowest BCUT2D eigenvalue weighted by Crippen LogP contribution is -1.89. The summed E-state index contributed by atoms with van der Waals surface area (Å²) in [5, 5.41) is 0. The van der Waals surface area contributed by atoms with Gasteiger partial charge in [0.1, 0.15) is 0 Å². The minimum Gasteiger partial charge on any atom is -0.0651 e. The first-order valence-corrected chi connectivity index (χ1v) is 7.58. The van der Waals surface area contributed by atoms with Gasteiger partial charge in [-0.1, -0.05) is 61.4 Å². The first kappa shape index (κ1) is 13.2. The van der Waals surface area contributed by atoms with Gasteiger partial charge in [0.15, 0.2) is 0 Å². The third-order valence-corrected chi connectivity index (χ3v) is 4.29. The van der Waals surface area contributed by atoms with Crippen LogP contribution in [0.1, 0.15) is 47.6 Å². The Labute approximate surface area is 122 Å². The summed E-state index contributed by atoms with van der Waals surface area (Å²) in [6.07, 6.45) is 3.48. The van der Waals surface area contributed by atoms with Crippen LogP contribution < -0.4 is 0 Å². The smallest absolute Gasteiger partial charge is 0.00107 e. The molecule has 0 atom stereocenters. The van der Waals surface area contributed by atoms with E-state index in [4.69, 9.17) is 0 Å². The number of benzene rings is 2. The molecule has 0 heteroatoms. The Hall–Kier alpha value is -1.82. The summed E-state index contributed by atoms with van der Waals surface area (Å²) in [6.45, 7) is 6.67. The van der Waals surface area contributed by atoms with Gasteiger partial charge in [0, 0.05) is 0 Å². The molecular weight excluding hydrogens is 240 g/mol. The summed E-state index contributed by atoms with van der Waals surface area (Å²) in [5.74, 6) is 0. The zero-order valence-electron chi connectivity index (χ0n) is 12.7. The summed E-state index contributed by atoms with van der Waals surface area (Å²) in [6, 6.07) is 15.7. The molecule has 0 spiro atoms. The Morgan fingerprint density at radius 3 is 2.40 bits per heavy atom. The second-order valence-corrected chi connectivity index (χ2v) is 5.86. The van der Waals surface area contributed by atoms with E-state index in [0.29, 0.717) is 0 Å². The zero-order chi connectivity index (χ0) is 14.1. The average Bonchev–Trinajstić information content (AvgIpc) is 2.80. The van der Waals surface area contributed by atoms with Crippen molar-refractivity contribution in [2.45, 2.75) is 40.0 Å². The molecule has 1 aliphatic rings. The van der Waals surface area contributed by atoms with Gasteiger partial charge in [-0.15, -0.1) is 0 Å². The van der Waals surface area contributed by atoms with Crippen molar-refractivity contribution in [1.82, 2.24) is 0 Å². The molecule has 1 aliphatic carbocycles. The number of hydrogen-bond donors (Lipinski definition) is 0. The van der Waals surface area contributed by atoms with Gasteiger partial charge in [-0.3, -0.25) is 0 Å². The quantitative estimate of drug-likeness (QED) is 0.678. The molecular formula is C20H22. The van der Waals surface area contributed by atoms with Gasteiger partial charge in [-0.25, -0.2) is 0 Å². The number of fused-ring (bicyclic) bond motifs is 1. The van der Waals surface area contributed by atoms with Crippen LogP contribution in [0, 0.1) is 13.8 Å². The molecule has 0 amide bonds. The maximum atomic E-state index is 2.29. The normalized spacial score (nSPS) is 13.8. The first-order chi connectivity index (χ1) is 9.70. The van der Waals surface area contributed by atoms with Crippen molar-refractivity contribution in [2.24, 2.45) is 0 Å². The average molecular weight is 262 g/mol. The fourth-order valence-corrected chi connectivity index (χ4v) is 3.31. The molecule has 0 unspecified atom stereocenters. The summed E-state index contributed by atoms with van der Waals surface area (Å²) in [4.78, 5) is 0. The van der Waals surface area contributed by atoms with E-state index in [9.17, 15) is 0 Å². The van der Waals surface area contributed by atoms with E-state index in [1.165, 1.54) is 46.2 Å². The summed E-state index contributed by atoms with van der Waals surface area (Å²) >= 11 is 0. The number of hydrogen-bond acceptors (Lipinski definition) is 0.